The summed E-state index contributed by atoms with van der Waals surface area (Å²) < 4.78 is 13.5. The van der Waals surface area contributed by atoms with Crippen LogP contribution >= 0.6 is 0 Å². The van der Waals surface area contributed by atoms with Crippen molar-refractivity contribution in [2.45, 2.75) is 26.2 Å². The Morgan fingerprint density at radius 1 is 0.500 bits per heavy atom. The van der Waals surface area contributed by atoms with Crippen LogP contribution in [-0.2, 0) is 5.41 Å². The van der Waals surface area contributed by atoms with Gasteiger partial charge in [0.25, 0.3) is 0 Å². The van der Waals surface area contributed by atoms with Crippen LogP contribution in [0.25, 0.3) is 44.2 Å². The average molecular weight is 723 g/mol. The van der Waals surface area contributed by atoms with Crippen LogP contribution in [0.2, 0.25) is 0 Å². The maximum atomic E-state index is 6.85. The molecule has 0 atom stereocenters. The van der Waals surface area contributed by atoms with Crippen molar-refractivity contribution in [3.8, 4) is 33.8 Å². The number of ether oxygens (including phenoxy) is 1. The van der Waals surface area contributed by atoms with Gasteiger partial charge in [-0.05, 0) is 107 Å². The van der Waals surface area contributed by atoms with Crippen LogP contribution in [0.5, 0.6) is 11.5 Å². The third-order valence-corrected chi connectivity index (χ3v) is 11.7. The standard InChI is InChI=1S/C52H38N2O2/c1-33-14-11-25-47-49(33)54-44-22-9-8-21-42(44)52(2,3)43-31-37(32-48(55-47)50(43)54)36-17-12-18-39(30-36)53(38-28-26-35(27-29-38)34-15-5-4-6-16-34)45-23-13-20-41-40-19-7-10-24-46(40)56-51(41)45/h4-32H,1-3H3. The highest BCUT2D eigenvalue weighted by molar-refractivity contribution is 6.10. The number of rotatable bonds is 5. The first-order valence-electron chi connectivity index (χ1n) is 19.3. The van der Waals surface area contributed by atoms with Crippen LogP contribution in [0.1, 0.15) is 30.5 Å². The van der Waals surface area contributed by atoms with Gasteiger partial charge in [-0.25, -0.2) is 0 Å². The van der Waals surface area contributed by atoms with E-state index in [1.165, 1.54) is 33.5 Å². The summed E-state index contributed by atoms with van der Waals surface area (Å²) in [6, 6.07) is 62.7. The van der Waals surface area contributed by atoms with Gasteiger partial charge in [-0.3, -0.25) is 0 Å². The molecule has 56 heavy (non-hydrogen) atoms. The van der Waals surface area contributed by atoms with Crippen molar-refractivity contribution in [3.63, 3.8) is 0 Å². The zero-order chi connectivity index (χ0) is 37.5. The van der Waals surface area contributed by atoms with Gasteiger partial charge in [0.2, 0.25) is 0 Å². The van der Waals surface area contributed by atoms with Crippen LogP contribution in [0, 0.1) is 6.92 Å². The number of benzene rings is 8. The SMILES string of the molecule is Cc1cccc2c1N1c3ccccc3C(C)(C)c3cc(-c4cccc(N(c5ccc(-c6ccccc6)cc5)c5cccc6c5oc5ccccc56)c4)cc(c31)O2. The van der Waals surface area contributed by atoms with E-state index in [9.17, 15) is 0 Å². The van der Waals surface area contributed by atoms with Crippen LogP contribution in [0.3, 0.4) is 0 Å². The van der Waals surface area contributed by atoms with Gasteiger partial charge in [-0.2, -0.15) is 0 Å². The monoisotopic (exact) mass is 722 g/mol. The van der Waals surface area contributed by atoms with Gasteiger partial charge in [0, 0.05) is 27.6 Å². The van der Waals surface area contributed by atoms with E-state index in [0.717, 1.165) is 73.0 Å². The summed E-state index contributed by atoms with van der Waals surface area (Å²) in [5.74, 6) is 1.73. The predicted molar refractivity (Wildman–Crippen MR) is 231 cm³/mol. The molecule has 3 heterocycles. The van der Waals surface area contributed by atoms with Gasteiger partial charge in [0.15, 0.2) is 17.1 Å². The number of hydrogen-bond acceptors (Lipinski definition) is 4. The molecule has 0 saturated carbocycles. The van der Waals surface area contributed by atoms with Gasteiger partial charge in [-0.1, -0.05) is 129 Å². The summed E-state index contributed by atoms with van der Waals surface area (Å²) >= 11 is 0. The lowest BCUT2D eigenvalue weighted by molar-refractivity contribution is 0.471. The first-order chi connectivity index (χ1) is 27.4. The van der Waals surface area contributed by atoms with Gasteiger partial charge in [0.1, 0.15) is 5.58 Å². The summed E-state index contributed by atoms with van der Waals surface area (Å²) in [5, 5.41) is 2.20. The molecule has 0 N–H and O–H groups in total. The second-order valence-electron chi connectivity index (χ2n) is 15.4. The van der Waals surface area contributed by atoms with Crippen molar-refractivity contribution in [1.29, 1.82) is 0 Å². The first kappa shape index (κ1) is 32.4. The van der Waals surface area contributed by atoms with Crippen LogP contribution in [0.4, 0.5) is 34.1 Å². The number of para-hydroxylation sites is 4. The Hall–Kier alpha value is -7.04. The molecule has 0 bridgehead atoms. The molecule has 11 rings (SSSR count). The summed E-state index contributed by atoms with van der Waals surface area (Å²) in [6.07, 6.45) is 0. The Kier molecular flexibility index (Phi) is 7.08. The second kappa shape index (κ2) is 12.2. The Morgan fingerprint density at radius 2 is 1.21 bits per heavy atom. The Morgan fingerprint density at radius 3 is 2.09 bits per heavy atom. The molecular weight excluding hydrogens is 685 g/mol. The molecule has 0 amide bonds. The van der Waals surface area contributed by atoms with Gasteiger partial charge in [0.05, 0.1) is 22.7 Å². The second-order valence-corrected chi connectivity index (χ2v) is 15.4. The first-order valence-corrected chi connectivity index (χ1v) is 19.3. The fourth-order valence-corrected chi connectivity index (χ4v) is 8.97. The van der Waals surface area contributed by atoms with Crippen molar-refractivity contribution in [2.75, 3.05) is 9.80 Å². The minimum atomic E-state index is -0.266. The van der Waals surface area contributed by atoms with Crippen LogP contribution < -0.4 is 14.5 Å². The predicted octanol–water partition coefficient (Wildman–Crippen LogP) is 14.9. The molecule has 268 valence electrons. The fourth-order valence-electron chi connectivity index (χ4n) is 8.97. The number of aryl methyl sites for hydroxylation is 1. The molecule has 0 fully saturated rings. The molecule has 2 aliphatic rings. The Bertz CT molecular complexity index is 3000. The molecule has 8 aromatic carbocycles. The highest BCUT2D eigenvalue weighted by Crippen LogP contribution is 2.61. The van der Waals surface area contributed by atoms with E-state index in [4.69, 9.17) is 9.15 Å². The van der Waals surface area contributed by atoms with Crippen molar-refractivity contribution in [1.82, 2.24) is 0 Å². The number of fused-ring (bicyclic) bond motifs is 7. The van der Waals surface area contributed by atoms with E-state index in [0.29, 0.717) is 0 Å². The molecule has 0 saturated heterocycles. The maximum absolute atomic E-state index is 6.85. The summed E-state index contributed by atoms with van der Waals surface area (Å²) in [5.41, 5.74) is 16.2. The molecule has 4 nitrogen and oxygen atoms in total. The molecule has 0 radical (unpaired) electrons. The molecule has 0 spiro atoms. The van der Waals surface area contributed by atoms with E-state index in [1.807, 2.05) is 12.1 Å². The van der Waals surface area contributed by atoms with E-state index in [1.54, 1.807) is 0 Å². The molecule has 0 unspecified atom stereocenters. The zero-order valence-electron chi connectivity index (χ0n) is 31.5. The fraction of sp³-hybridized carbons (Fsp3) is 0.0769. The summed E-state index contributed by atoms with van der Waals surface area (Å²) in [6.45, 7) is 6.84. The molecule has 1 aromatic heterocycles. The number of nitrogens with zero attached hydrogens (tertiary/aromatic N) is 2. The van der Waals surface area contributed by atoms with E-state index >= 15 is 0 Å². The summed E-state index contributed by atoms with van der Waals surface area (Å²) in [7, 11) is 0. The largest absolute Gasteiger partial charge is 0.454 e. The highest BCUT2D eigenvalue weighted by Gasteiger charge is 2.42. The molecule has 9 aromatic rings. The number of furan rings is 1. The zero-order valence-corrected chi connectivity index (χ0v) is 31.5. The van der Waals surface area contributed by atoms with Crippen LogP contribution in [0.15, 0.2) is 180 Å². The topological polar surface area (TPSA) is 28.9 Å². The van der Waals surface area contributed by atoms with E-state index in [-0.39, 0.29) is 5.41 Å². The maximum Gasteiger partial charge on any atom is 0.159 e. The van der Waals surface area contributed by atoms with Crippen molar-refractivity contribution >= 4 is 56.1 Å². The number of hydrogen-bond donors (Lipinski definition) is 0. The van der Waals surface area contributed by atoms with Crippen molar-refractivity contribution < 1.29 is 9.15 Å². The van der Waals surface area contributed by atoms with E-state index < -0.39 is 0 Å². The third kappa shape index (κ3) is 4.85. The quantitative estimate of drug-likeness (QED) is 0.177. The normalized spacial score (nSPS) is 13.5. The molecular formula is C52H38N2O2. The molecule has 2 aliphatic heterocycles. The van der Waals surface area contributed by atoms with Gasteiger partial charge >= 0.3 is 0 Å². The minimum absolute atomic E-state index is 0.266. The number of anilines is 6. The average Bonchev–Trinajstić information content (AvgIpc) is 3.63. The van der Waals surface area contributed by atoms with Gasteiger partial charge < -0.3 is 19.0 Å². The van der Waals surface area contributed by atoms with Crippen molar-refractivity contribution in [3.05, 3.63) is 193 Å². The smallest absolute Gasteiger partial charge is 0.159 e. The van der Waals surface area contributed by atoms with E-state index in [2.05, 4.69) is 194 Å². The molecule has 0 aliphatic carbocycles. The van der Waals surface area contributed by atoms with Crippen LogP contribution in [-0.4, -0.2) is 0 Å². The lowest BCUT2D eigenvalue weighted by atomic mass is 9.72. The van der Waals surface area contributed by atoms with Gasteiger partial charge in [-0.15, -0.1) is 0 Å². The lowest BCUT2D eigenvalue weighted by Crippen LogP contribution is -2.32. The van der Waals surface area contributed by atoms with Crippen molar-refractivity contribution in [2.24, 2.45) is 0 Å². The third-order valence-electron chi connectivity index (χ3n) is 11.7. The molecule has 4 heteroatoms. The Labute approximate surface area is 326 Å². The minimum Gasteiger partial charge on any atom is -0.454 e. The summed E-state index contributed by atoms with van der Waals surface area (Å²) in [4.78, 5) is 4.75. The lowest BCUT2D eigenvalue weighted by Gasteiger charge is -2.45. The Balaban J connectivity index is 1.10. The highest BCUT2D eigenvalue weighted by atomic mass is 16.5.